The Labute approximate surface area is 125 Å². The first-order chi connectivity index (χ1) is 10.1. The van der Waals surface area contributed by atoms with Crippen LogP contribution in [0.2, 0.25) is 0 Å². The van der Waals surface area contributed by atoms with E-state index in [2.05, 4.69) is 24.3 Å². The second-order valence-electron chi connectivity index (χ2n) is 5.75. The molecule has 0 aliphatic heterocycles. The standard InChI is InChI=1S/C16H23N3O2/c1-3-11-7-8-14(10(11)2)18-16(20)13-6-4-5-12(9-13)15(17)19-21/h4-6,9-11,14,21H,3,7-8H2,1-2H3,(H2,17,19)(H,18,20). The number of carbonyl (C=O) groups excluding carboxylic acids is 1. The Kier molecular flexibility index (Phi) is 4.83. The predicted molar refractivity (Wildman–Crippen MR) is 82.4 cm³/mol. The molecule has 0 aromatic heterocycles. The molecule has 1 aliphatic rings. The fourth-order valence-electron chi connectivity index (χ4n) is 3.16. The maximum absolute atomic E-state index is 12.4. The summed E-state index contributed by atoms with van der Waals surface area (Å²) in [6, 6.07) is 7.05. The Bertz CT molecular complexity index is 542. The number of hydrogen-bond donors (Lipinski definition) is 3. The van der Waals surface area contributed by atoms with Crippen molar-refractivity contribution < 1.29 is 10.0 Å². The van der Waals surface area contributed by atoms with Gasteiger partial charge in [0.25, 0.3) is 5.91 Å². The molecule has 3 atom stereocenters. The maximum Gasteiger partial charge on any atom is 0.251 e. The van der Waals surface area contributed by atoms with Gasteiger partial charge in [0, 0.05) is 17.2 Å². The normalized spacial score (nSPS) is 25.8. The van der Waals surface area contributed by atoms with E-state index in [9.17, 15) is 4.79 Å². The number of nitrogens with two attached hydrogens (primary N) is 1. The SMILES string of the molecule is CCC1CCC(NC(=O)c2cccc(C(N)=NO)c2)C1C. The molecule has 0 saturated heterocycles. The van der Waals surface area contributed by atoms with Gasteiger partial charge in [0.15, 0.2) is 5.84 Å². The highest BCUT2D eigenvalue weighted by Crippen LogP contribution is 2.33. The Balaban J connectivity index is 2.07. The van der Waals surface area contributed by atoms with E-state index in [0.29, 0.717) is 23.0 Å². The van der Waals surface area contributed by atoms with Crippen molar-refractivity contribution in [2.45, 2.75) is 39.2 Å². The Morgan fingerprint density at radius 3 is 2.76 bits per heavy atom. The average Bonchev–Trinajstić information content (AvgIpc) is 2.86. The number of amidine groups is 1. The number of benzene rings is 1. The molecule has 1 amide bonds. The highest BCUT2D eigenvalue weighted by Gasteiger charge is 2.32. The van der Waals surface area contributed by atoms with Crippen molar-refractivity contribution in [3.63, 3.8) is 0 Å². The van der Waals surface area contributed by atoms with Crippen molar-refractivity contribution in [3.05, 3.63) is 35.4 Å². The monoisotopic (exact) mass is 289 g/mol. The zero-order chi connectivity index (χ0) is 15.4. The molecule has 5 heteroatoms. The molecular weight excluding hydrogens is 266 g/mol. The van der Waals surface area contributed by atoms with Gasteiger partial charge >= 0.3 is 0 Å². The van der Waals surface area contributed by atoms with Crippen LogP contribution < -0.4 is 11.1 Å². The van der Waals surface area contributed by atoms with Crippen LogP contribution in [-0.2, 0) is 0 Å². The molecule has 1 aromatic rings. The van der Waals surface area contributed by atoms with Crippen molar-refractivity contribution in [1.29, 1.82) is 0 Å². The smallest absolute Gasteiger partial charge is 0.251 e. The quantitative estimate of drug-likeness (QED) is 0.344. The summed E-state index contributed by atoms with van der Waals surface area (Å²) < 4.78 is 0. The van der Waals surface area contributed by atoms with Crippen LogP contribution in [-0.4, -0.2) is 23.0 Å². The minimum absolute atomic E-state index is 0.00457. The molecular formula is C16H23N3O2. The molecule has 0 spiro atoms. The van der Waals surface area contributed by atoms with Gasteiger partial charge in [-0.25, -0.2) is 0 Å². The van der Waals surface area contributed by atoms with Gasteiger partial charge in [-0.3, -0.25) is 4.79 Å². The van der Waals surface area contributed by atoms with E-state index in [4.69, 9.17) is 10.9 Å². The molecule has 0 radical (unpaired) electrons. The molecule has 1 aromatic carbocycles. The molecule has 4 N–H and O–H groups in total. The van der Waals surface area contributed by atoms with E-state index in [1.807, 2.05) is 0 Å². The molecule has 1 saturated carbocycles. The second-order valence-corrected chi connectivity index (χ2v) is 5.75. The van der Waals surface area contributed by atoms with Crippen molar-refractivity contribution in [1.82, 2.24) is 5.32 Å². The summed E-state index contributed by atoms with van der Waals surface area (Å²) >= 11 is 0. The largest absolute Gasteiger partial charge is 0.409 e. The summed E-state index contributed by atoms with van der Waals surface area (Å²) in [5.41, 5.74) is 6.63. The molecule has 1 fully saturated rings. The fraction of sp³-hybridized carbons (Fsp3) is 0.500. The number of amides is 1. The van der Waals surface area contributed by atoms with Crippen molar-refractivity contribution in [3.8, 4) is 0 Å². The molecule has 114 valence electrons. The lowest BCUT2D eigenvalue weighted by Crippen LogP contribution is -2.37. The lowest BCUT2D eigenvalue weighted by Gasteiger charge is -2.21. The van der Waals surface area contributed by atoms with Gasteiger partial charge in [0.05, 0.1) is 0 Å². The Morgan fingerprint density at radius 2 is 2.14 bits per heavy atom. The topological polar surface area (TPSA) is 87.7 Å². The third-order valence-corrected chi connectivity index (χ3v) is 4.60. The second kappa shape index (κ2) is 6.61. The summed E-state index contributed by atoms with van der Waals surface area (Å²) in [5, 5.41) is 14.8. The number of nitrogens with one attached hydrogen (secondary N) is 1. The van der Waals surface area contributed by atoms with E-state index in [-0.39, 0.29) is 17.8 Å². The zero-order valence-corrected chi connectivity index (χ0v) is 12.5. The highest BCUT2D eigenvalue weighted by molar-refractivity contribution is 6.01. The van der Waals surface area contributed by atoms with E-state index < -0.39 is 0 Å². The fourth-order valence-corrected chi connectivity index (χ4v) is 3.16. The van der Waals surface area contributed by atoms with Crippen LogP contribution in [0.4, 0.5) is 0 Å². The van der Waals surface area contributed by atoms with Gasteiger partial charge < -0.3 is 16.3 Å². The number of hydrogen-bond acceptors (Lipinski definition) is 3. The summed E-state index contributed by atoms with van der Waals surface area (Å²) in [7, 11) is 0. The van der Waals surface area contributed by atoms with E-state index in [1.165, 1.54) is 6.42 Å². The molecule has 5 nitrogen and oxygen atoms in total. The highest BCUT2D eigenvalue weighted by atomic mass is 16.4. The summed E-state index contributed by atoms with van der Waals surface area (Å²) in [6.45, 7) is 4.41. The van der Waals surface area contributed by atoms with Crippen LogP contribution in [0.15, 0.2) is 29.4 Å². The summed E-state index contributed by atoms with van der Waals surface area (Å²) in [4.78, 5) is 12.4. The molecule has 3 unspecified atom stereocenters. The van der Waals surface area contributed by atoms with Crippen LogP contribution in [0.5, 0.6) is 0 Å². The van der Waals surface area contributed by atoms with Crippen molar-refractivity contribution >= 4 is 11.7 Å². The summed E-state index contributed by atoms with van der Waals surface area (Å²) in [6.07, 6.45) is 3.37. The minimum atomic E-state index is -0.101. The van der Waals surface area contributed by atoms with Gasteiger partial charge in [-0.05, 0) is 36.8 Å². The number of oxime groups is 1. The van der Waals surface area contributed by atoms with Crippen LogP contribution in [0.1, 0.15) is 49.0 Å². The molecule has 0 bridgehead atoms. The number of carbonyl (C=O) groups is 1. The van der Waals surface area contributed by atoms with E-state index in [0.717, 1.165) is 12.8 Å². The lowest BCUT2D eigenvalue weighted by atomic mass is 9.93. The molecule has 0 heterocycles. The third-order valence-electron chi connectivity index (χ3n) is 4.60. The first kappa shape index (κ1) is 15.4. The van der Waals surface area contributed by atoms with E-state index >= 15 is 0 Å². The van der Waals surface area contributed by atoms with Gasteiger partial charge in [0.2, 0.25) is 0 Å². The predicted octanol–water partition coefficient (Wildman–Crippen LogP) is 2.34. The first-order valence-corrected chi connectivity index (χ1v) is 7.45. The van der Waals surface area contributed by atoms with Gasteiger partial charge in [-0.1, -0.05) is 37.6 Å². The Hall–Kier alpha value is -2.04. The van der Waals surface area contributed by atoms with Crippen LogP contribution >= 0.6 is 0 Å². The summed E-state index contributed by atoms with van der Waals surface area (Å²) in [5.74, 6) is 1.10. The van der Waals surface area contributed by atoms with Gasteiger partial charge in [0.1, 0.15) is 0 Å². The number of rotatable bonds is 4. The van der Waals surface area contributed by atoms with Crippen LogP contribution in [0.3, 0.4) is 0 Å². The number of nitrogens with zero attached hydrogens (tertiary/aromatic N) is 1. The zero-order valence-electron chi connectivity index (χ0n) is 12.5. The van der Waals surface area contributed by atoms with Crippen molar-refractivity contribution in [2.75, 3.05) is 0 Å². The molecule has 2 rings (SSSR count). The lowest BCUT2D eigenvalue weighted by molar-refractivity contribution is 0.0926. The first-order valence-electron chi connectivity index (χ1n) is 7.45. The Morgan fingerprint density at radius 1 is 1.43 bits per heavy atom. The van der Waals surface area contributed by atoms with Gasteiger partial charge in [-0.15, -0.1) is 0 Å². The minimum Gasteiger partial charge on any atom is -0.409 e. The van der Waals surface area contributed by atoms with Gasteiger partial charge in [-0.2, -0.15) is 0 Å². The third kappa shape index (κ3) is 3.35. The van der Waals surface area contributed by atoms with Crippen LogP contribution in [0.25, 0.3) is 0 Å². The molecule has 1 aliphatic carbocycles. The maximum atomic E-state index is 12.4. The molecule has 21 heavy (non-hydrogen) atoms. The average molecular weight is 289 g/mol. The van der Waals surface area contributed by atoms with E-state index in [1.54, 1.807) is 24.3 Å². The van der Waals surface area contributed by atoms with Crippen molar-refractivity contribution in [2.24, 2.45) is 22.7 Å². The van der Waals surface area contributed by atoms with Crippen LogP contribution in [0, 0.1) is 11.8 Å².